The number of hydrogen-bond acceptors (Lipinski definition) is 3. The van der Waals surface area contributed by atoms with Gasteiger partial charge in [-0.2, -0.15) is 0 Å². The van der Waals surface area contributed by atoms with Crippen molar-refractivity contribution in [2.45, 2.75) is 51.0 Å². The number of carbonyl (C=O) groups excluding carboxylic acids is 1. The molecular formula is C20H31N5O. The summed E-state index contributed by atoms with van der Waals surface area (Å²) in [7, 11) is 1.79. The lowest BCUT2D eigenvalue weighted by atomic mass is 9.88. The quantitative estimate of drug-likeness (QED) is 0.624. The minimum atomic E-state index is 0.262. The zero-order chi connectivity index (χ0) is 18.2. The van der Waals surface area contributed by atoms with Crippen molar-refractivity contribution >= 4 is 11.9 Å². The van der Waals surface area contributed by atoms with E-state index in [-0.39, 0.29) is 12.0 Å². The summed E-state index contributed by atoms with van der Waals surface area (Å²) in [4.78, 5) is 23.4. The second-order valence-electron chi connectivity index (χ2n) is 7.32. The molecule has 1 aromatic heterocycles. The number of guanidine groups is 1. The molecule has 2 aliphatic rings. The Labute approximate surface area is 156 Å². The standard InChI is InChI=1S/C20H31N5O/c1-21-20(23-13-10-17-9-5-6-12-22-17)24-18-11-14-25(15-18)19(26)16-7-3-2-4-8-16/h5-6,9,12,16,18H,2-4,7-8,10-11,13-15H2,1H3,(H2,21,23,24). The molecule has 0 spiro atoms. The molecule has 2 fully saturated rings. The van der Waals surface area contributed by atoms with E-state index in [1.165, 1.54) is 19.3 Å². The van der Waals surface area contributed by atoms with Crippen molar-refractivity contribution in [2.75, 3.05) is 26.7 Å². The van der Waals surface area contributed by atoms with Gasteiger partial charge in [-0.15, -0.1) is 0 Å². The highest BCUT2D eigenvalue weighted by molar-refractivity contribution is 5.81. The summed E-state index contributed by atoms with van der Waals surface area (Å²) in [6.07, 6.45) is 9.51. The van der Waals surface area contributed by atoms with Gasteiger partial charge in [-0.3, -0.25) is 14.8 Å². The molecule has 2 heterocycles. The molecule has 3 rings (SSSR count). The topological polar surface area (TPSA) is 69.6 Å². The Kier molecular flexibility index (Phi) is 6.86. The van der Waals surface area contributed by atoms with Crippen molar-refractivity contribution in [3.8, 4) is 0 Å². The van der Waals surface area contributed by atoms with Crippen LogP contribution in [0.5, 0.6) is 0 Å². The van der Waals surface area contributed by atoms with E-state index in [9.17, 15) is 4.79 Å². The van der Waals surface area contributed by atoms with E-state index in [1.807, 2.05) is 24.4 Å². The van der Waals surface area contributed by atoms with Gasteiger partial charge in [0.05, 0.1) is 0 Å². The maximum atomic E-state index is 12.7. The average Bonchev–Trinajstić information content (AvgIpc) is 3.16. The predicted molar refractivity (Wildman–Crippen MR) is 104 cm³/mol. The lowest BCUT2D eigenvalue weighted by molar-refractivity contribution is -0.135. The molecule has 1 atom stereocenters. The van der Waals surface area contributed by atoms with Gasteiger partial charge < -0.3 is 15.5 Å². The normalized spacial score (nSPS) is 21.7. The van der Waals surface area contributed by atoms with Crippen LogP contribution in [0.3, 0.4) is 0 Å². The van der Waals surface area contributed by atoms with Gasteiger partial charge in [0.15, 0.2) is 5.96 Å². The van der Waals surface area contributed by atoms with Crippen LogP contribution in [0.15, 0.2) is 29.4 Å². The van der Waals surface area contributed by atoms with Crippen LogP contribution < -0.4 is 10.6 Å². The van der Waals surface area contributed by atoms with Crippen LogP contribution in [0.4, 0.5) is 0 Å². The first-order chi connectivity index (χ1) is 12.8. The molecule has 1 aromatic rings. The van der Waals surface area contributed by atoms with E-state index in [1.54, 1.807) is 7.05 Å². The minimum Gasteiger partial charge on any atom is -0.356 e. The van der Waals surface area contributed by atoms with Crippen molar-refractivity contribution in [3.05, 3.63) is 30.1 Å². The number of rotatable bonds is 5. The number of hydrogen-bond donors (Lipinski definition) is 2. The van der Waals surface area contributed by atoms with Gasteiger partial charge in [-0.25, -0.2) is 0 Å². The third-order valence-electron chi connectivity index (χ3n) is 5.42. The van der Waals surface area contributed by atoms with Crippen LogP contribution >= 0.6 is 0 Å². The molecule has 1 saturated heterocycles. The number of nitrogens with one attached hydrogen (secondary N) is 2. The van der Waals surface area contributed by atoms with Gasteiger partial charge >= 0.3 is 0 Å². The van der Waals surface area contributed by atoms with Crippen molar-refractivity contribution < 1.29 is 4.79 Å². The van der Waals surface area contributed by atoms with E-state index in [0.29, 0.717) is 5.91 Å². The lowest BCUT2D eigenvalue weighted by Crippen LogP contribution is -2.46. The van der Waals surface area contributed by atoms with Gasteiger partial charge in [0, 0.05) is 57.0 Å². The number of aliphatic imine (C=N–C) groups is 1. The van der Waals surface area contributed by atoms with Crippen molar-refractivity contribution in [1.82, 2.24) is 20.5 Å². The number of amides is 1. The van der Waals surface area contributed by atoms with Gasteiger partial charge in [0.25, 0.3) is 0 Å². The summed E-state index contributed by atoms with van der Waals surface area (Å²) in [5, 5.41) is 6.81. The first-order valence-electron chi connectivity index (χ1n) is 9.92. The average molecular weight is 358 g/mol. The van der Waals surface area contributed by atoms with Gasteiger partial charge in [-0.1, -0.05) is 25.3 Å². The van der Waals surface area contributed by atoms with Crippen LogP contribution in [0.25, 0.3) is 0 Å². The Hall–Kier alpha value is -2.11. The molecule has 6 nitrogen and oxygen atoms in total. The Balaban J connectivity index is 1.41. The molecule has 0 aromatic carbocycles. The van der Waals surface area contributed by atoms with Crippen molar-refractivity contribution in [3.63, 3.8) is 0 Å². The molecule has 0 bridgehead atoms. The maximum absolute atomic E-state index is 12.7. The number of carbonyl (C=O) groups is 1. The smallest absolute Gasteiger partial charge is 0.225 e. The van der Waals surface area contributed by atoms with E-state index in [2.05, 4.69) is 25.5 Å². The number of pyridine rings is 1. The molecule has 1 aliphatic carbocycles. The van der Waals surface area contributed by atoms with Crippen LogP contribution in [0.1, 0.15) is 44.2 Å². The van der Waals surface area contributed by atoms with Crippen molar-refractivity contribution in [2.24, 2.45) is 10.9 Å². The van der Waals surface area contributed by atoms with E-state index < -0.39 is 0 Å². The van der Waals surface area contributed by atoms with E-state index in [0.717, 1.165) is 57.0 Å². The van der Waals surface area contributed by atoms with Crippen molar-refractivity contribution in [1.29, 1.82) is 0 Å². The Morgan fingerprint density at radius 1 is 1.27 bits per heavy atom. The highest BCUT2D eigenvalue weighted by Gasteiger charge is 2.31. The SMILES string of the molecule is CN=C(NCCc1ccccn1)NC1CCN(C(=O)C2CCCCC2)C1. The fraction of sp³-hybridized carbons (Fsp3) is 0.650. The first-order valence-corrected chi connectivity index (χ1v) is 9.92. The van der Waals surface area contributed by atoms with Crippen LogP contribution in [-0.2, 0) is 11.2 Å². The number of nitrogens with zero attached hydrogens (tertiary/aromatic N) is 3. The predicted octanol–water partition coefficient (Wildman–Crippen LogP) is 1.97. The molecule has 1 aliphatic heterocycles. The maximum Gasteiger partial charge on any atom is 0.225 e. The summed E-state index contributed by atoms with van der Waals surface area (Å²) in [6.45, 7) is 2.43. The van der Waals surface area contributed by atoms with Crippen LogP contribution in [0.2, 0.25) is 0 Å². The minimum absolute atomic E-state index is 0.262. The summed E-state index contributed by atoms with van der Waals surface area (Å²) in [6, 6.07) is 6.25. The Morgan fingerprint density at radius 2 is 2.12 bits per heavy atom. The van der Waals surface area contributed by atoms with Gasteiger partial charge in [0.1, 0.15) is 0 Å². The lowest BCUT2D eigenvalue weighted by Gasteiger charge is -2.26. The fourth-order valence-electron chi connectivity index (χ4n) is 3.93. The molecule has 1 saturated carbocycles. The Morgan fingerprint density at radius 3 is 2.85 bits per heavy atom. The molecule has 6 heteroatoms. The zero-order valence-corrected chi connectivity index (χ0v) is 15.8. The van der Waals surface area contributed by atoms with Gasteiger partial charge in [-0.05, 0) is 31.4 Å². The zero-order valence-electron chi connectivity index (χ0n) is 15.8. The highest BCUT2D eigenvalue weighted by atomic mass is 16.2. The monoisotopic (exact) mass is 357 g/mol. The summed E-state index contributed by atoms with van der Waals surface area (Å²) in [5.74, 6) is 1.43. The molecule has 1 unspecified atom stereocenters. The van der Waals surface area contributed by atoms with Gasteiger partial charge in [0.2, 0.25) is 5.91 Å². The molecule has 26 heavy (non-hydrogen) atoms. The highest BCUT2D eigenvalue weighted by Crippen LogP contribution is 2.26. The third kappa shape index (κ3) is 5.19. The Bertz CT molecular complexity index is 597. The number of aromatic nitrogens is 1. The van der Waals surface area contributed by atoms with Crippen LogP contribution in [-0.4, -0.2) is 54.5 Å². The van der Waals surface area contributed by atoms with E-state index >= 15 is 0 Å². The summed E-state index contributed by atoms with van der Waals surface area (Å²) in [5.41, 5.74) is 1.07. The summed E-state index contributed by atoms with van der Waals surface area (Å²) >= 11 is 0. The second-order valence-corrected chi connectivity index (χ2v) is 7.32. The third-order valence-corrected chi connectivity index (χ3v) is 5.42. The molecule has 2 N–H and O–H groups in total. The van der Waals surface area contributed by atoms with Crippen LogP contribution in [0, 0.1) is 5.92 Å². The number of likely N-dealkylation sites (tertiary alicyclic amines) is 1. The largest absolute Gasteiger partial charge is 0.356 e. The second kappa shape index (κ2) is 9.55. The summed E-state index contributed by atoms with van der Waals surface area (Å²) < 4.78 is 0. The molecule has 1 amide bonds. The first kappa shape index (κ1) is 18.7. The van der Waals surface area contributed by atoms with E-state index in [4.69, 9.17) is 0 Å². The molecular weight excluding hydrogens is 326 g/mol. The fourth-order valence-corrected chi connectivity index (χ4v) is 3.93. The molecule has 0 radical (unpaired) electrons. The molecule has 142 valence electrons.